The van der Waals surface area contributed by atoms with Crippen molar-refractivity contribution >= 4 is 39.4 Å². The van der Waals surface area contributed by atoms with E-state index in [9.17, 15) is 4.79 Å². The second-order valence-corrected chi connectivity index (χ2v) is 7.44. The fourth-order valence-corrected chi connectivity index (χ4v) is 3.79. The molecule has 3 aromatic heterocycles. The predicted octanol–water partition coefficient (Wildman–Crippen LogP) is 5.56. The molecule has 148 valence electrons. The van der Waals surface area contributed by atoms with Gasteiger partial charge < -0.3 is 14.7 Å². The Balaban J connectivity index is 1.48. The maximum absolute atomic E-state index is 12.6. The summed E-state index contributed by atoms with van der Waals surface area (Å²) < 4.78 is 5.62. The van der Waals surface area contributed by atoms with E-state index in [1.807, 2.05) is 55.5 Å². The molecule has 0 bridgehead atoms. The number of nitrogens with one attached hydrogen (secondary N) is 2. The first-order valence-corrected chi connectivity index (χ1v) is 9.85. The van der Waals surface area contributed by atoms with Crippen LogP contribution in [0.2, 0.25) is 5.02 Å². The standard InChI is InChI=1S/C23H17ClN4O2/c1-13(16-11-14-5-4-7-18(24)21(14)28-22(16)29)26-23-25-10-9-19(27-23)17-12-30-20-8-3-2-6-15(17)20/h2-13H,1H3,(H,28,29)(H,25,26,27)/t13-/m0/s1. The van der Waals surface area contributed by atoms with E-state index in [-0.39, 0.29) is 11.6 Å². The molecule has 0 amide bonds. The predicted molar refractivity (Wildman–Crippen MR) is 119 cm³/mol. The van der Waals surface area contributed by atoms with Gasteiger partial charge in [-0.1, -0.05) is 41.9 Å². The molecule has 6 nitrogen and oxygen atoms in total. The topological polar surface area (TPSA) is 83.8 Å². The van der Waals surface area contributed by atoms with E-state index < -0.39 is 0 Å². The lowest BCUT2D eigenvalue weighted by Gasteiger charge is -2.14. The number of fused-ring (bicyclic) bond motifs is 2. The van der Waals surface area contributed by atoms with Gasteiger partial charge in [-0.05, 0) is 31.2 Å². The van der Waals surface area contributed by atoms with Crippen molar-refractivity contribution in [1.29, 1.82) is 0 Å². The van der Waals surface area contributed by atoms with Gasteiger partial charge >= 0.3 is 0 Å². The molecule has 0 radical (unpaired) electrons. The van der Waals surface area contributed by atoms with Crippen LogP contribution in [0.3, 0.4) is 0 Å². The smallest absolute Gasteiger partial charge is 0.253 e. The molecule has 0 saturated heterocycles. The maximum Gasteiger partial charge on any atom is 0.253 e. The number of benzene rings is 2. The van der Waals surface area contributed by atoms with Crippen molar-refractivity contribution in [3.63, 3.8) is 0 Å². The molecule has 5 rings (SSSR count). The Bertz CT molecular complexity index is 1440. The van der Waals surface area contributed by atoms with Gasteiger partial charge in [0.15, 0.2) is 0 Å². The van der Waals surface area contributed by atoms with Gasteiger partial charge in [0, 0.05) is 28.1 Å². The van der Waals surface area contributed by atoms with Crippen LogP contribution in [-0.4, -0.2) is 15.0 Å². The third kappa shape index (κ3) is 3.21. The van der Waals surface area contributed by atoms with Crippen LogP contribution in [0.25, 0.3) is 33.1 Å². The molecule has 0 saturated carbocycles. The number of aromatic amines is 1. The molecule has 30 heavy (non-hydrogen) atoms. The highest BCUT2D eigenvalue weighted by molar-refractivity contribution is 6.35. The molecule has 5 aromatic rings. The molecule has 7 heteroatoms. The first-order valence-electron chi connectivity index (χ1n) is 9.48. The molecule has 0 aliphatic carbocycles. The Hall–Kier alpha value is -3.64. The number of pyridine rings is 1. The number of anilines is 1. The zero-order chi connectivity index (χ0) is 20.7. The van der Waals surface area contributed by atoms with E-state index in [0.29, 0.717) is 22.1 Å². The van der Waals surface area contributed by atoms with E-state index in [1.165, 1.54) is 0 Å². The number of nitrogens with zero attached hydrogens (tertiary/aromatic N) is 2. The Morgan fingerprint density at radius 2 is 2.00 bits per heavy atom. The Kier molecular flexibility index (Phi) is 4.48. The summed E-state index contributed by atoms with van der Waals surface area (Å²) >= 11 is 6.18. The number of furan rings is 1. The molecular weight excluding hydrogens is 400 g/mol. The third-order valence-corrected chi connectivity index (χ3v) is 5.40. The molecular formula is C23H17ClN4O2. The number of rotatable bonds is 4. The van der Waals surface area contributed by atoms with Gasteiger partial charge in [0.2, 0.25) is 5.95 Å². The lowest BCUT2D eigenvalue weighted by molar-refractivity contribution is 0.617. The summed E-state index contributed by atoms with van der Waals surface area (Å²) in [5.41, 5.74) is 3.44. The van der Waals surface area contributed by atoms with Crippen molar-refractivity contribution in [3.05, 3.63) is 88.0 Å². The van der Waals surface area contributed by atoms with Crippen molar-refractivity contribution in [2.24, 2.45) is 0 Å². The summed E-state index contributed by atoms with van der Waals surface area (Å²) in [4.78, 5) is 24.4. The second-order valence-electron chi connectivity index (χ2n) is 7.03. The molecule has 0 aliphatic heterocycles. The summed E-state index contributed by atoms with van der Waals surface area (Å²) in [6.07, 6.45) is 3.38. The molecule has 3 heterocycles. The van der Waals surface area contributed by atoms with Crippen LogP contribution in [0.4, 0.5) is 5.95 Å². The van der Waals surface area contributed by atoms with E-state index in [0.717, 1.165) is 27.6 Å². The molecule has 0 fully saturated rings. The summed E-state index contributed by atoms with van der Waals surface area (Å²) in [7, 11) is 0. The van der Waals surface area contributed by atoms with Crippen LogP contribution in [0.15, 0.2) is 76.3 Å². The third-order valence-electron chi connectivity index (χ3n) is 5.08. The van der Waals surface area contributed by atoms with Gasteiger partial charge in [-0.3, -0.25) is 4.79 Å². The van der Waals surface area contributed by atoms with Crippen LogP contribution in [0, 0.1) is 0 Å². The normalized spacial score (nSPS) is 12.3. The average molecular weight is 417 g/mol. The number of H-pyrrole nitrogens is 1. The largest absolute Gasteiger partial charge is 0.464 e. The lowest BCUT2D eigenvalue weighted by Crippen LogP contribution is -2.20. The van der Waals surface area contributed by atoms with E-state index in [4.69, 9.17) is 16.0 Å². The first kappa shape index (κ1) is 18.4. The molecule has 1 atom stereocenters. The molecule has 0 spiro atoms. The molecule has 0 unspecified atom stereocenters. The zero-order valence-electron chi connectivity index (χ0n) is 16.0. The maximum atomic E-state index is 12.6. The molecule has 2 N–H and O–H groups in total. The van der Waals surface area contributed by atoms with Crippen molar-refractivity contribution in [2.45, 2.75) is 13.0 Å². The van der Waals surface area contributed by atoms with Crippen molar-refractivity contribution < 1.29 is 4.42 Å². The second kappa shape index (κ2) is 7.31. The summed E-state index contributed by atoms with van der Waals surface area (Å²) in [5, 5.41) is 5.59. The van der Waals surface area contributed by atoms with Gasteiger partial charge in [0.1, 0.15) is 11.8 Å². The van der Waals surface area contributed by atoms with Gasteiger partial charge in [-0.2, -0.15) is 0 Å². The van der Waals surface area contributed by atoms with Crippen molar-refractivity contribution in [1.82, 2.24) is 15.0 Å². The highest BCUT2D eigenvalue weighted by Gasteiger charge is 2.15. The number of para-hydroxylation sites is 2. The SMILES string of the molecule is C[C@H](Nc1nccc(-c2coc3ccccc23)n1)c1cc2cccc(Cl)c2[nH]c1=O. The minimum absolute atomic E-state index is 0.201. The fraction of sp³-hybridized carbons (Fsp3) is 0.0870. The fourth-order valence-electron chi connectivity index (χ4n) is 3.56. The zero-order valence-corrected chi connectivity index (χ0v) is 16.8. The van der Waals surface area contributed by atoms with Crippen molar-refractivity contribution in [3.8, 4) is 11.3 Å². The van der Waals surface area contributed by atoms with Gasteiger partial charge in [-0.15, -0.1) is 0 Å². The minimum atomic E-state index is -0.312. The van der Waals surface area contributed by atoms with Gasteiger partial charge in [-0.25, -0.2) is 9.97 Å². The Morgan fingerprint density at radius 3 is 2.90 bits per heavy atom. The monoisotopic (exact) mass is 416 g/mol. The van der Waals surface area contributed by atoms with Crippen LogP contribution >= 0.6 is 11.6 Å². The van der Waals surface area contributed by atoms with Gasteiger partial charge in [0.05, 0.1) is 22.3 Å². The minimum Gasteiger partial charge on any atom is -0.464 e. The first-order chi connectivity index (χ1) is 14.6. The lowest BCUT2D eigenvalue weighted by atomic mass is 10.1. The molecule has 0 aliphatic rings. The highest BCUT2D eigenvalue weighted by atomic mass is 35.5. The van der Waals surface area contributed by atoms with Crippen molar-refractivity contribution in [2.75, 3.05) is 5.32 Å². The van der Waals surface area contributed by atoms with E-state index >= 15 is 0 Å². The van der Waals surface area contributed by atoms with Crippen LogP contribution in [0.5, 0.6) is 0 Å². The number of halogens is 1. The van der Waals surface area contributed by atoms with Crippen LogP contribution < -0.4 is 10.9 Å². The van der Waals surface area contributed by atoms with Crippen LogP contribution in [0.1, 0.15) is 18.5 Å². The van der Waals surface area contributed by atoms with E-state index in [1.54, 1.807) is 18.5 Å². The number of aromatic nitrogens is 3. The Morgan fingerprint density at radius 1 is 1.13 bits per heavy atom. The quantitative estimate of drug-likeness (QED) is 0.401. The number of hydrogen-bond acceptors (Lipinski definition) is 5. The average Bonchev–Trinajstić information content (AvgIpc) is 3.18. The number of hydrogen-bond donors (Lipinski definition) is 2. The summed E-state index contributed by atoms with van der Waals surface area (Å²) in [6.45, 7) is 1.89. The van der Waals surface area contributed by atoms with E-state index in [2.05, 4.69) is 20.3 Å². The van der Waals surface area contributed by atoms with Crippen LogP contribution in [-0.2, 0) is 0 Å². The summed E-state index contributed by atoms with van der Waals surface area (Å²) in [5.74, 6) is 0.427. The molecule has 2 aromatic carbocycles. The summed E-state index contributed by atoms with van der Waals surface area (Å²) in [6, 6.07) is 16.7. The highest BCUT2D eigenvalue weighted by Crippen LogP contribution is 2.30. The van der Waals surface area contributed by atoms with Gasteiger partial charge in [0.25, 0.3) is 5.56 Å². The Labute approximate surface area is 176 Å².